The van der Waals surface area contributed by atoms with E-state index >= 15 is 0 Å². The fourth-order valence-electron chi connectivity index (χ4n) is 1.93. The number of carboxylic acid groups (broad SMARTS) is 1. The first-order valence-corrected chi connectivity index (χ1v) is 6.24. The summed E-state index contributed by atoms with van der Waals surface area (Å²) in [5.41, 5.74) is 5.24. The van der Waals surface area contributed by atoms with E-state index in [-0.39, 0.29) is 12.8 Å². The van der Waals surface area contributed by atoms with Gasteiger partial charge in [0.1, 0.15) is 12.0 Å². The van der Waals surface area contributed by atoms with Gasteiger partial charge in [0, 0.05) is 13.0 Å². The fourth-order valence-corrected chi connectivity index (χ4v) is 1.93. The highest BCUT2D eigenvalue weighted by atomic mass is 16.5. The molecule has 0 saturated heterocycles. The van der Waals surface area contributed by atoms with E-state index in [9.17, 15) is 14.7 Å². The Morgan fingerprint density at radius 3 is 2.80 bits per heavy atom. The topological polar surface area (TPSA) is 92.9 Å². The van der Waals surface area contributed by atoms with Crippen molar-refractivity contribution < 1.29 is 19.4 Å². The average Bonchev–Trinajstić information content (AvgIpc) is 2.44. The molecule has 1 aromatic carbocycles. The molecule has 6 heteroatoms. The summed E-state index contributed by atoms with van der Waals surface area (Å²) in [6.45, 7) is 0.346. The third-order valence-corrected chi connectivity index (χ3v) is 3.25. The van der Waals surface area contributed by atoms with Crippen LogP contribution in [0.5, 0.6) is 5.75 Å². The van der Waals surface area contributed by atoms with Crippen LogP contribution in [0.3, 0.4) is 0 Å². The molecule has 0 amide bonds. The second kappa shape index (κ2) is 7.02. The highest BCUT2D eigenvalue weighted by Gasteiger charge is 2.37. The molecule has 1 aromatic rings. The van der Waals surface area contributed by atoms with Crippen molar-refractivity contribution in [3.63, 3.8) is 0 Å². The van der Waals surface area contributed by atoms with Crippen LogP contribution >= 0.6 is 0 Å². The van der Waals surface area contributed by atoms with Gasteiger partial charge in [-0.2, -0.15) is 0 Å². The SMILES string of the molecule is COc1cccc(CN(C)C(N)(CCC=O)C(=O)O)c1. The number of nitrogens with two attached hydrogens (primary N) is 1. The molecule has 0 aliphatic rings. The summed E-state index contributed by atoms with van der Waals surface area (Å²) >= 11 is 0. The highest BCUT2D eigenvalue weighted by molar-refractivity contribution is 5.78. The quantitative estimate of drug-likeness (QED) is 0.541. The molecule has 0 fully saturated rings. The molecule has 0 heterocycles. The maximum atomic E-state index is 11.4. The van der Waals surface area contributed by atoms with E-state index in [0.29, 0.717) is 18.6 Å². The monoisotopic (exact) mass is 280 g/mol. The first-order valence-electron chi connectivity index (χ1n) is 6.24. The molecule has 110 valence electrons. The van der Waals surface area contributed by atoms with Crippen molar-refractivity contribution in [2.24, 2.45) is 5.73 Å². The molecule has 0 saturated carbocycles. The van der Waals surface area contributed by atoms with Gasteiger partial charge in [0.25, 0.3) is 0 Å². The van der Waals surface area contributed by atoms with E-state index in [0.717, 1.165) is 5.56 Å². The fraction of sp³-hybridized carbons (Fsp3) is 0.429. The van der Waals surface area contributed by atoms with Crippen LogP contribution in [-0.2, 0) is 16.1 Å². The van der Waals surface area contributed by atoms with Crippen molar-refractivity contribution in [2.45, 2.75) is 25.0 Å². The molecule has 0 aliphatic carbocycles. The Morgan fingerprint density at radius 2 is 2.25 bits per heavy atom. The Hall–Kier alpha value is -1.92. The number of carbonyl (C=O) groups excluding carboxylic acids is 1. The van der Waals surface area contributed by atoms with E-state index in [1.807, 2.05) is 24.3 Å². The van der Waals surface area contributed by atoms with Gasteiger partial charge in [0.2, 0.25) is 0 Å². The number of ether oxygens (including phenoxy) is 1. The minimum absolute atomic E-state index is 0.0618. The predicted octanol–water partition coefficient (Wildman–Crippen LogP) is 0.846. The molecule has 0 radical (unpaired) electrons. The summed E-state index contributed by atoms with van der Waals surface area (Å²) in [5.74, 6) is -0.452. The van der Waals surface area contributed by atoms with Gasteiger partial charge in [-0.15, -0.1) is 0 Å². The number of nitrogens with zero attached hydrogens (tertiary/aromatic N) is 1. The number of benzene rings is 1. The maximum absolute atomic E-state index is 11.4. The highest BCUT2D eigenvalue weighted by Crippen LogP contribution is 2.19. The number of hydrogen-bond acceptors (Lipinski definition) is 5. The molecular weight excluding hydrogens is 260 g/mol. The van der Waals surface area contributed by atoms with Gasteiger partial charge in [0.05, 0.1) is 7.11 Å². The molecule has 0 aromatic heterocycles. The number of carboxylic acids is 1. The summed E-state index contributed by atoms with van der Waals surface area (Å²) in [5, 5.41) is 9.30. The lowest BCUT2D eigenvalue weighted by Crippen LogP contribution is -2.59. The van der Waals surface area contributed by atoms with Crippen molar-refractivity contribution in [1.82, 2.24) is 4.90 Å². The van der Waals surface area contributed by atoms with E-state index < -0.39 is 11.6 Å². The molecule has 1 unspecified atom stereocenters. The smallest absolute Gasteiger partial charge is 0.338 e. The zero-order chi connectivity index (χ0) is 15.2. The average molecular weight is 280 g/mol. The van der Waals surface area contributed by atoms with Crippen LogP contribution in [-0.4, -0.2) is 42.1 Å². The molecule has 6 nitrogen and oxygen atoms in total. The zero-order valence-corrected chi connectivity index (χ0v) is 11.7. The summed E-state index contributed by atoms with van der Waals surface area (Å²) in [7, 11) is 3.19. The largest absolute Gasteiger partial charge is 0.497 e. The van der Waals surface area contributed by atoms with E-state index in [1.165, 1.54) is 4.90 Å². The van der Waals surface area contributed by atoms with Crippen LogP contribution in [0.1, 0.15) is 18.4 Å². The van der Waals surface area contributed by atoms with Crippen LogP contribution in [0.25, 0.3) is 0 Å². The van der Waals surface area contributed by atoms with Crippen LogP contribution in [0.2, 0.25) is 0 Å². The van der Waals surface area contributed by atoms with Crippen LogP contribution in [0, 0.1) is 0 Å². The first-order chi connectivity index (χ1) is 9.43. The van der Waals surface area contributed by atoms with Crippen molar-refractivity contribution in [3.05, 3.63) is 29.8 Å². The van der Waals surface area contributed by atoms with Crippen molar-refractivity contribution in [3.8, 4) is 5.75 Å². The Labute approximate surface area is 118 Å². The maximum Gasteiger partial charge on any atom is 0.338 e. The van der Waals surface area contributed by atoms with Crippen LogP contribution in [0.4, 0.5) is 0 Å². The van der Waals surface area contributed by atoms with Gasteiger partial charge in [-0.1, -0.05) is 12.1 Å². The van der Waals surface area contributed by atoms with Gasteiger partial charge in [-0.25, -0.2) is 4.79 Å². The number of rotatable bonds is 8. The minimum atomic E-state index is -1.57. The lowest BCUT2D eigenvalue weighted by molar-refractivity contribution is -0.151. The van der Waals surface area contributed by atoms with Crippen molar-refractivity contribution >= 4 is 12.3 Å². The number of aldehydes is 1. The molecule has 3 N–H and O–H groups in total. The molecule has 20 heavy (non-hydrogen) atoms. The van der Waals surface area contributed by atoms with E-state index in [2.05, 4.69) is 0 Å². The van der Waals surface area contributed by atoms with Crippen LogP contribution in [0.15, 0.2) is 24.3 Å². The Balaban J connectivity index is 2.87. The molecule has 0 bridgehead atoms. The van der Waals surface area contributed by atoms with Crippen LogP contribution < -0.4 is 10.5 Å². The zero-order valence-electron chi connectivity index (χ0n) is 11.7. The third-order valence-electron chi connectivity index (χ3n) is 3.25. The number of likely N-dealkylation sites (N-methyl/N-ethyl adjacent to an activating group) is 1. The minimum Gasteiger partial charge on any atom is -0.497 e. The van der Waals surface area contributed by atoms with E-state index in [1.54, 1.807) is 14.2 Å². The van der Waals surface area contributed by atoms with Crippen molar-refractivity contribution in [1.29, 1.82) is 0 Å². The Kier molecular flexibility index (Phi) is 5.66. The first kappa shape index (κ1) is 16.1. The Bertz CT molecular complexity index is 478. The van der Waals surface area contributed by atoms with Gasteiger partial charge in [0.15, 0.2) is 5.66 Å². The normalized spacial score (nSPS) is 13.8. The van der Waals surface area contributed by atoms with Gasteiger partial charge in [-0.05, 0) is 31.2 Å². The van der Waals surface area contributed by atoms with Gasteiger partial charge < -0.3 is 20.4 Å². The predicted molar refractivity (Wildman–Crippen MR) is 74.3 cm³/mol. The van der Waals surface area contributed by atoms with Gasteiger partial charge in [-0.3, -0.25) is 4.90 Å². The molecule has 1 atom stereocenters. The lowest BCUT2D eigenvalue weighted by atomic mass is 10.0. The lowest BCUT2D eigenvalue weighted by Gasteiger charge is -2.34. The standard InChI is InChI=1S/C14H20N2O4/c1-16(14(15,13(18)19)7-4-8-17)10-11-5-3-6-12(9-11)20-2/h3,5-6,8-9H,4,7,10,15H2,1-2H3,(H,18,19). The number of hydrogen-bond donors (Lipinski definition) is 2. The summed E-state index contributed by atoms with van der Waals surface area (Å²) in [4.78, 5) is 23.4. The van der Waals surface area contributed by atoms with Crippen molar-refractivity contribution in [2.75, 3.05) is 14.2 Å². The second-order valence-electron chi connectivity index (χ2n) is 4.64. The Morgan fingerprint density at radius 1 is 1.55 bits per heavy atom. The molecule has 0 aliphatic heterocycles. The molecular formula is C14H20N2O4. The number of carbonyl (C=O) groups is 2. The second-order valence-corrected chi connectivity index (χ2v) is 4.64. The summed E-state index contributed by atoms with van der Waals surface area (Å²) < 4.78 is 5.12. The third kappa shape index (κ3) is 3.79. The van der Waals surface area contributed by atoms with Gasteiger partial charge >= 0.3 is 5.97 Å². The number of methoxy groups -OCH3 is 1. The summed E-state index contributed by atoms with van der Waals surface area (Å²) in [6.07, 6.45) is 0.835. The molecule has 1 rings (SSSR count). The number of aliphatic carboxylic acids is 1. The van der Waals surface area contributed by atoms with E-state index in [4.69, 9.17) is 10.5 Å². The summed E-state index contributed by atoms with van der Waals surface area (Å²) in [6, 6.07) is 7.31. The molecule has 0 spiro atoms.